The summed E-state index contributed by atoms with van der Waals surface area (Å²) in [6, 6.07) is 0. The summed E-state index contributed by atoms with van der Waals surface area (Å²) < 4.78 is 1.38. The molecule has 0 aromatic carbocycles. The molecule has 0 fully saturated rings. The zero-order chi connectivity index (χ0) is 9.72. The second-order valence-electron chi connectivity index (χ2n) is 1.63. The van der Waals surface area contributed by atoms with Crippen LogP contribution in [0, 0.1) is 15.3 Å². The SMILES string of the molecule is C[n+]1nnn(N)c1N.O=[N+]([O-])[O-]. The van der Waals surface area contributed by atoms with Crippen LogP contribution >= 0.6 is 0 Å². The Balaban J connectivity index is 0.000000261. The maximum absolute atomic E-state index is 8.25. The molecule has 0 aliphatic rings. The standard InChI is InChI=1S/C2H6N6.NO3/c1-7-2(3)8(4)6-5-7;2-1(3)4/h3H,4H2,1H3;/q;-1/p+1. The van der Waals surface area contributed by atoms with Crippen LogP contribution in [-0.4, -0.2) is 20.3 Å². The Morgan fingerprint density at radius 2 is 2.08 bits per heavy atom. The van der Waals surface area contributed by atoms with Gasteiger partial charge in [-0.2, -0.15) is 0 Å². The van der Waals surface area contributed by atoms with E-state index in [1.165, 1.54) is 4.68 Å². The zero-order valence-corrected chi connectivity index (χ0v) is 6.12. The highest BCUT2D eigenvalue weighted by atomic mass is 16.9. The molecule has 1 aromatic rings. The largest absolute Gasteiger partial charge is 0.385 e. The monoisotopic (exact) mass is 177 g/mol. The Morgan fingerprint density at radius 1 is 1.67 bits per heavy atom. The Kier molecular flexibility index (Phi) is 3.21. The summed E-state index contributed by atoms with van der Waals surface area (Å²) in [5, 5.41) is 21.6. The van der Waals surface area contributed by atoms with Gasteiger partial charge in [-0.05, 0) is 0 Å². The topological polar surface area (TPSA) is 153 Å². The van der Waals surface area contributed by atoms with Crippen molar-refractivity contribution < 1.29 is 9.77 Å². The van der Waals surface area contributed by atoms with E-state index < -0.39 is 5.09 Å². The number of aryl methyl sites for hydroxylation is 1. The minimum absolute atomic E-state index is 0.324. The summed E-state index contributed by atoms with van der Waals surface area (Å²) in [7, 11) is 1.66. The second kappa shape index (κ2) is 3.90. The molecule has 0 atom stereocenters. The number of anilines is 1. The molecule has 0 saturated heterocycles. The minimum Gasteiger partial charge on any atom is -0.356 e. The summed E-state index contributed by atoms with van der Waals surface area (Å²) in [5.41, 5.74) is 5.28. The fourth-order valence-corrected chi connectivity index (χ4v) is 0.343. The van der Waals surface area contributed by atoms with Crippen molar-refractivity contribution in [2.24, 2.45) is 7.05 Å². The number of aromatic nitrogens is 4. The third-order valence-electron chi connectivity index (χ3n) is 0.837. The molecule has 0 amide bonds. The van der Waals surface area contributed by atoms with Crippen LogP contribution in [0.25, 0.3) is 0 Å². The van der Waals surface area contributed by atoms with Crippen LogP contribution < -0.4 is 16.3 Å². The molecule has 1 heterocycles. The van der Waals surface area contributed by atoms with Crippen molar-refractivity contribution in [1.29, 1.82) is 0 Å². The van der Waals surface area contributed by atoms with Crippen molar-refractivity contribution >= 4 is 5.95 Å². The number of nitrogens with zero attached hydrogens (tertiary/aromatic N) is 5. The number of nitrogen functional groups attached to an aromatic ring is 2. The molecule has 0 spiro atoms. The number of hydrogen-bond donors (Lipinski definition) is 2. The van der Waals surface area contributed by atoms with Crippen LogP contribution in [-0.2, 0) is 7.05 Å². The third kappa shape index (κ3) is 3.14. The predicted molar refractivity (Wildman–Crippen MR) is 36.1 cm³/mol. The van der Waals surface area contributed by atoms with E-state index >= 15 is 0 Å². The predicted octanol–water partition coefficient (Wildman–Crippen LogP) is -2.84. The van der Waals surface area contributed by atoms with Gasteiger partial charge in [0.2, 0.25) is 0 Å². The molecule has 0 saturated carbocycles. The smallest absolute Gasteiger partial charge is 0.356 e. The van der Waals surface area contributed by atoms with E-state index in [0.717, 1.165) is 4.79 Å². The molecule has 1 rings (SSSR count). The van der Waals surface area contributed by atoms with E-state index in [9.17, 15) is 0 Å². The molecule has 10 nitrogen and oxygen atoms in total. The van der Waals surface area contributed by atoms with E-state index in [1.54, 1.807) is 7.05 Å². The van der Waals surface area contributed by atoms with Gasteiger partial charge in [0, 0.05) is 4.79 Å². The van der Waals surface area contributed by atoms with Crippen LogP contribution in [0.2, 0.25) is 0 Å². The van der Waals surface area contributed by atoms with E-state index in [4.69, 9.17) is 26.9 Å². The van der Waals surface area contributed by atoms with Crippen molar-refractivity contribution in [3.8, 4) is 0 Å². The lowest BCUT2D eigenvalue weighted by molar-refractivity contribution is -0.718. The van der Waals surface area contributed by atoms with Crippen molar-refractivity contribution in [3.63, 3.8) is 0 Å². The summed E-state index contributed by atoms with van der Waals surface area (Å²) in [4.78, 5) is 9.25. The average Bonchev–Trinajstić information content (AvgIpc) is 2.19. The Morgan fingerprint density at radius 3 is 2.17 bits per heavy atom. The Bertz CT molecular complexity index is 244. The third-order valence-corrected chi connectivity index (χ3v) is 0.837. The van der Waals surface area contributed by atoms with Gasteiger partial charge in [-0.1, -0.05) is 0 Å². The van der Waals surface area contributed by atoms with E-state index in [-0.39, 0.29) is 0 Å². The normalized spacial score (nSPS) is 8.42. The Hall–Kier alpha value is -2.13. The first-order valence-corrected chi connectivity index (χ1v) is 2.59. The first-order valence-electron chi connectivity index (χ1n) is 2.59. The van der Waals surface area contributed by atoms with E-state index in [0.29, 0.717) is 5.95 Å². The molecule has 0 radical (unpaired) electrons. The molecule has 0 bridgehead atoms. The number of rotatable bonds is 0. The first-order chi connectivity index (χ1) is 5.45. The van der Waals surface area contributed by atoms with Crippen molar-refractivity contribution in [3.05, 3.63) is 15.3 Å². The summed E-state index contributed by atoms with van der Waals surface area (Å²) >= 11 is 0. The fraction of sp³-hybridized carbons (Fsp3) is 0.500. The lowest BCUT2D eigenvalue weighted by Gasteiger charge is -1.79. The van der Waals surface area contributed by atoms with Gasteiger partial charge in [0.15, 0.2) is 0 Å². The maximum Gasteiger partial charge on any atom is 0.385 e. The summed E-state index contributed by atoms with van der Waals surface area (Å²) in [5.74, 6) is 5.46. The molecular formula is C2H7N7O3. The van der Waals surface area contributed by atoms with Crippen molar-refractivity contribution in [1.82, 2.24) is 15.2 Å². The Labute approximate surface area is 66.0 Å². The lowest BCUT2D eigenvalue weighted by Crippen LogP contribution is -2.34. The second-order valence-corrected chi connectivity index (χ2v) is 1.63. The molecule has 4 N–H and O–H groups in total. The zero-order valence-electron chi connectivity index (χ0n) is 6.12. The van der Waals surface area contributed by atoms with Crippen LogP contribution in [0.5, 0.6) is 0 Å². The van der Waals surface area contributed by atoms with Crippen LogP contribution in [0.4, 0.5) is 5.95 Å². The van der Waals surface area contributed by atoms with Crippen LogP contribution in [0.15, 0.2) is 0 Å². The quantitative estimate of drug-likeness (QED) is 0.187. The summed E-state index contributed by atoms with van der Waals surface area (Å²) in [6.45, 7) is 0. The first kappa shape index (κ1) is 9.87. The average molecular weight is 177 g/mol. The van der Waals surface area contributed by atoms with Crippen LogP contribution in [0.3, 0.4) is 0 Å². The van der Waals surface area contributed by atoms with Gasteiger partial charge in [-0.25, -0.2) is 0 Å². The molecule has 0 aliphatic carbocycles. The van der Waals surface area contributed by atoms with E-state index in [1.807, 2.05) is 0 Å². The molecule has 10 heteroatoms. The van der Waals surface area contributed by atoms with Crippen molar-refractivity contribution in [2.75, 3.05) is 11.6 Å². The van der Waals surface area contributed by atoms with Gasteiger partial charge in [0.25, 0.3) is 0 Å². The van der Waals surface area contributed by atoms with E-state index in [2.05, 4.69) is 10.4 Å². The van der Waals surface area contributed by atoms with Gasteiger partial charge < -0.3 is 21.1 Å². The van der Waals surface area contributed by atoms with Gasteiger partial charge in [-0.15, -0.1) is 4.68 Å². The molecule has 0 aliphatic heterocycles. The maximum atomic E-state index is 8.25. The van der Waals surface area contributed by atoms with Gasteiger partial charge in [0.1, 0.15) is 5.21 Å². The highest BCUT2D eigenvalue weighted by Gasteiger charge is 2.06. The summed E-state index contributed by atoms with van der Waals surface area (Å²) in [6.07, 6.45) is 0. The molecule has 1 aromatic heterocycles. The lowest BCUT2D eigenvalue weighted by atomic mass is 11.0. The van der Waals surface area contributed by atoms with Gasteiger partial charge >= 0.3 is 5.95 Å². The number of nitrogens with two attached hydrogens (primary N) is 2. The number of tetrazole rings is 1. The fourth-order valence-electron chi connectivity index (χ4n) is 0.343. The number of hydrogen-bond acceptors (Lipinski definition) is 7. The highest BCUT2D eigenvalue weighted by molar-refractivity contribution is 5.01. The molecular weight excluding hydrogens is 170 g/mol. The highest BCUT2D eigenvalue weighted by Crippen LogP contribution is 1.75. The molecule has 0 unspecified atom stereocenters. The van der Waals surface area contributed by atoms with Gasteiger partial charge in [0.05, 0.1) is 17.3 Å². The molecule has 12 heavy (non-hydrogen) atoms. The minimum atomic E-state index is -1.75. The van der Waals surface area contributed by atoms with Crippen molar-refractivity contribution in [2.45, 2.75) is 0 Å². The molecule has 68 valence electrons. The van der Waals surface area contributed by atoms with Crippen LogP contribution in [0.1, 0.15) is 0 Å². The van der Waals surface area contributed by atoms with Gasteiger partial charge in [-0.3, -0.25) is 5.84 Å².